The Bertz CT molecular complexity index is 1140. The van der Waals surface area contributed by atoms with Crippen LogP contribution >= 0.6 is 0 Å². The third-order valence-electron chi connectivity index (χ3n) is 6.02. The summed E-state index contributed by atoms with van der Waals surface area (Å²) in [5.74, 6) is 0. The first-order valence-electron chi connectivity index (χ1n) is 12.6. The van der Waals surface area contributed by atoms with Gasteiger partial charge in [-0.1, -0.05) is 97.1 Å². The van der Waals surface area contributed by atoms with Gasteiger partial charge >= 0.3 is 0 Å². The molecule has 0 radical (unpaired) electrons. The fraction of sp³-hybridized carbons (Fsp3) is 0.188. The van der Waals surface area contributed by atoms with E-state index in [1.54, 1.807) is 0 Å². The smallest absolute Gasteiger partial charge is 0.0650 e. The highest BCUT2D eigenvalue weighted by Crippen LogP contribution is 2.19. The highest BCUT2D eigenvalue weighted by molar-refractivity contribution is 5.99. The Kier molecular flexibility index (Phi) is 9.04. The first-order valence-corrected chi connectivity index (χ1v) is 12.6. The monoisotopic (exact) mass is 474 g/mol. The number of hydrazone groups is 2. The van der Waals surface area contributed by atoms with Crippen LogP contribution in [0.2, 0.25) is 0 Å². The van der Waals surface area contributed by atoms with Gasteiger partial charge in [0.25, 0.3) is 0 Å². The Morgan fingerprint density at radius 1 is 0.472 bits per heavy atom. The zero-order chi connectivity index (χ0) is 25.0. The van der Waals surface area contributed by atoms with Crippen molar-refractivity contribution in [2.45, 2.75) is 26.7 Å². The van der Waals surface area contributed by atoms with Crippen molar-refractivity contribution < 1.29 is 0 Å². The molecule has 0 amide bonds. The van der Waals surface area contributed by atoms with E-state index in [-0.39, 0.29) is 0 Å². The number of benzene rings is 4. The maximum Gasteiger partial charge on any atom is 0.0650 e. The Hall–Kier alpha value is -4.18. The molecule has 0 bridgehead atoms. The van der Waals surface area contributed by atoms with E-state index in [0.717, 1.165) is 59.9 Å². The van der Waals surface area contributed by atoms with E-state index in [2.05, 4.69) is 121 Å². The van der Waals surface area contributed by atoms with Crippen molar-refractivity contribution >= 4 is 22.8 Å². The molecule has 182 valence electrons. The van der Waals surface area contributed by atoms with E-state index in [1.807, 2.05) is 24.3 Å². The molecule has 0 heterocycles. The largest absolute Gasteiger partial charge is 0.265 e. The van der Waals surface area contributed by atoms with E-state index in [0.29, 0.717) is 0 Å². The predicted molar refractivity (Wildman–Crippen MR) is 154 cm³/mol. The number of hydrogen-bond acceptors (Lipinski definition) is 4. The highest BCUT2D eigenvalue weighted by Gasteiger charge is 2.10. The van der Waals surface area contributed by atoms with E-state index < -0.39 is 0 Å². The molecule has 4 heteroatoms. The highest BCUT2D eigenvalue weighted by atomic mass is 15.5. The van der Waals surface area contributed by atoms with Crippen molar-refractivity contribution in [2.24, 2.45) is 10.2 Å². The maximum absolute atomic E-state index is 4.99. The normalized spacial score (nSPS) is 11.8. The summed E-state index contributed by atoms with van der Waals surface area (Å²) in [7, 11) is 0. The van der Waals surface area contributed by atoms with Crippen LogP contribution in [0.1, 0.15) is 37.8 Å². The zero-order valence-electron chi connectivity index (χ0n) is 21.2. The number of para-hydroxylation sites is 2. The average molecular weight is 475 g/mol. The number of unbranched alkanes of at least 4 members (excludes halogenated alkanes) is 1. The number of anilines is 2. The average Bonchev–Trinajstić information content (AvgIpc) is 2.95. The fourth-order valence-corrected chi connectivity index (χ4v) is 4.03. The van der Waals surface area contributed by atoms with Crippen molar-refractivity contribution in [3.05, 3.63) is 132 Å². The molecule has 0 aliphatic carbocycles. The minimum absolute atomic E-state index is 0.832. The fourth-order valence-electron chi connectivity index (χ4n) is 4.03. The maximum atomic E-state index is 4.99. The molecule has 4 nitrogen and oxygen atoms in total. The Morgan fingerprint density at radius 2 is 0.778 bits per heavy atom. The van der Waals surface area contributed by atoms with Crippen molar-refractivity contribution in [1.29, 1.82) is 0 Å². The van der Waals surface area contributed by atoms with Crippen LogP contribution < -0.4 is 10.0 Å². The minimum atomic E-state index is 0.832. The molecule has 4 aromatic rings. The summed E-state index contributed by atoms with van der Waals surface area (Å²) >= 11 is 0. The van der Waals surface area contributed by atoms with Crippen molar-refractivity contribution in [3.8, 4) is 0 Å². The standard InChI is InChI=1S/C32H34N4/c1-27(29-17-7-3-8-18-29)33-35(31-21-11-5-12-22-31)25-15-16-26-36(32-23-13-6-14-24-32)34-28(2)30-19-9-4-10-20-30/h3-14,17-24H,15-16,25-26H2,1-2H3/b33-27+,34-28+. The Balaban J connectivity index is 1.46. The molecule has 0 spiro atoms. The first kappa shape index (κ1) is 24.9. The zero-order valence-corrected chi connectivity index (χ0v) is 21.2. The molecular weight excluding hydrogens is 440 g/mol. The summed E-state index contributed by atoms with van der Waals surface area (Å²) < 4.78 is 0. The molecule has 0 aliphatic rings. The van der Waals surface area contributed by atoms with Crippen LogP contribution in [0.4, 0.5) is 11.4 Å². The van der Waals surface area contributed by atoms with Crippen molar-refractivity contribution in [2.75, 3.05) is 23.1 Å². The number of hydrogen-bond donors (Lipinski definition) is 0. The van der Waals surface area contributed by atoms with Crippen molar-refractivity contribution in [3.63, 3.8) is 0 Å². The molecule has 0 aliphatic heterocycles. The van der Waals surface area contributed by atoms with E-state index >= 15 is 0 Å². The summed E-state index contributed by atoms with van der Waals surface area (Å²) in [6.45, 7) is 5.81. The third kappa shape index (κ3) is 7.16. The molecular formula is C32H34N4. The van der Waals surface area contributed by atoms with E-state index in [4.69, 9.17) is 10.2 Å². The molecule has 0 unspecified atom stereocenters. The lowest BCUT2D eigenvalue weighted by molar-refractivity contribution is 0.680. The lowest BCUT2D eigenvalue weighted by atomic mass is 10.1. The van der Waals surface area contributed by atoms with E-state index in [9.17, 15) is 0 Å². The molecule has 0 saturated carbocycles. The molecule has 4 aromatic carbocycles. The molecule has 0 saturated heterocycles. The van der Waals surface area contributed by atoms with Crippen LogP contribution in [0.15, 0.2) is 132 Å². The van der Waals surface area contributed by atoms with Crippen LogP contribution in [0, 0.1) is 0 Å². The predicted octanol–water partition coefficient (Wildman–Crippen LogP) is 7.63. The quantitative estimate of drug-likeness (QED) is 0.127. The van der Waals surface area contributed by atoms with Gasteiger partial charge in [-0.3, -0.25) is 10.0 Å². The summed E-state index contributed by atoms with van der Waals surface area (Å²) in [6, 6.07) is 41.5. The van der Waals surface area contributed by atoms with Gasteiger partial charge in [0.05, 0.1) is 22.8 Å². The first-order chi connectivity index (χ1) is 17.7. The van der Waals surface area contributed by atoms with Gasteiger partial charge in [-0.05, 0) is 62.1 Å². The molecule has 36 heavy (non-hydrogen) atoms. The van der Waals surface area contributed by atoms with Gasteiger partial charge in [-0.2, -0.15) is 10.2 Å². The SMILES string of the molecule is C/C(=N\N(CCCCN(/N=C(\C)c1ccccc1)c1ccccc1)c1ccccc1)c1ccccc1. The van der Waals surface area contributed by atoms with Crippen LogP contribution in [0.25, 0.3) is 0 Å². The van der Waals surface area contributed by atoms with Gasteiger partial charge in [-0.25, -0.2) is 0 Å². The minimum Gasteiger partial charge on any atom is -0.265 e. The van der Waals surface area contributed by atoms with Crippen molar-refractivity contribution in [1.82, 2.24) is 0 Å². The van der Waals surface area contributed by atoms with Gasteiger partial charge < -0.3 is 0 Å². The van der Waals surface area contributed by atoms with Gasteiger partial charge in [-0.15, -0.1) is 0 Å². The molecule has 0 atom stereocenters. The van der Waals surface area contributed by atoms with Gasteiger partial charge in [0, 0.05) is 13.1 Å². The lowest BCUT2D eigenvalue weighted by Crippen LogP contribution is -2.23. The van der Waals surface area contributed by atoms with Crippen LogP contribution in [-0.4, -0.2) is 24.5 Å². The molecule has 0 fully saturated rings. The second-order valence-corrected chi connectivity index (χ2v) is 8.73. The summed E-state index contributed by atoms with van der Waals surface area (Å²) in [4.78, 5) is 0. The topological polar surface area (TPSA) is 31.2 Å². The van der Waals surface area contributed by atoms with Gasteiger partial charge in [0.1, 0.15) is 0 Å². The van der Waals surface area contributed by atoms with Crippen LogP contribution in [-0.2, 0) is 0 Å². The Labute approximate surface area is 215 Å². The summed E-state index contributed by atoms with van der Waals surface area (Å²) in [5, 5.41) is 14.2. The van der Waals surface area contributed by atoms with Gasteiger partial charge in [0.2, 0.25) is 0 Å². The molecule has 0 N–H and O–H groups in total. The third-order valence-corrected chi connectivity index (χ3v) is 6.02. The molecule has 4 rings (SSSR count). The summed E-state index contributed by atoms with van der Waals surface area (Å²) in [6.07, 6.45) is 1.98. The lowest BCUT2D eigenvalue weighted by Gasteiger charge is -2.23. The number of nitrogens with zero attached hydrogens (tertiary/aromatic N) is 4. The van der Waals surface area contributed by atoms with Crippen LogP contribution in [0.5, 0.6) is 0 Å². The van der Waals surface area contributed by atoms with Crippen LogP contribution in [0.3, 0.4) is 0 Å². The number of rotatable bonds is 11. The van der Waals surface area contributed by atoms with Gasteiger partial charge in [0.15, 0.2) is 0 Å². The Morgan fingerprint density at radius 3 is 1.11 bits per heavy atom. The second-order valence-electron chi connectivity index (χ2n) is 8.73. The summed E-state index contributed by atoms with van der Waals surface area (Å²) in [5.41, 5.74) is 6.50. The molecule has 0 aromatic heterocycles. The second kappa shape index (κ2) is 13.1. The van der Waals surface area contributed by atoms with E-state index in [1.165, 1.54) is 0 Å².